The number of anilines is 1. The Balaban J connectivity index is 2.69. The van der Waals surface area contributed by atoms with Crippen molar-refractivity contribution in [2.45, 2.75) is 32.7 Å². The molecule has 3 nitrogen and oxygen atoms in total. The molecule has 4 N–H and O–H groups in total. The lowest BCUT2D eigenvalue weighted by molar-refractivity contribution is 0.678. The highest BCUT2D eigenvalue weighted by molar-refractivity contribution is 5.53. The van der Waals surface area contributed by atoms with Crippen LogP contribution in [-0.2, 0) is 6.54 Å². The van der Waals surface area contributed by atoms with Crippen molar-refractivity contribution in [1.82, 2.24) is 0 Å². The van der Waals surface area contributed by atoms with E-state index >= 15 is 0 Å². The fraction of sp³-hybridized carbons (Fsp3) is 0.538. The zero-order valence-corrected chi connectivity index (χ0v) is 10.2. The average Bonchev–Trinajstić information content (AvgIpc) is 2.35. The molecule has 0 heterocycles. The predicted octanol–water partition coefficient (Wildman–Crippen LogP) is 2.06. The van der Waals surface area contributed by atoms with Crippen LogP contribution in [0, 0.1) is 0 Å². The number of nitrogens with zero attached hydrogens (tertiary/aromatic N) is 1. The summed E-state index contributed by atoms with van der Waals surface area (Å²) in [5.74, 6) is 0. The normalized spacial score (nSPS) is 10.4. The average molecular weight is 221 g/mol. The second-order valence-electron chi connectivity index (χ2n) is 3.99. The lowest BCUT2D eigenvalue weighted by Gasteiger charge is -2.25. The van der Waals surface area contributed by atoms with Gasteiger partial charge in [-0.1, -0.05) is 38.0 Å². The van der Waals surface area contributed by atoms with Gasteiger partial charge in [0.1, 0.15) is 0 Å². The van der Waals surface area contributed by atoms with E-state index in [1.807, 2.05) is 12.1 Å². The molecule has 0 amide bonds. The molecule has 1 aromatic carbocycles. The van der Waals surface area contributed by atoms with Crippen LogP contribution in [0.4, 0.5) is 5.69 Å². The molecule has 0 unspecified atom stereocenters. The van der Waals surface area contributed by atoms with Crippen LogP contribution in [0.2, 0.25) is 0 Å². The van der Waals surface area contributed by atoms with Crippen LogP contribution in [0.25, 0.3) is 0 Å². The van der Waals surface area contributed by atoms with Crippen molar-refractivity contribution < 1.29 is 0 Å². The number of unbranched alkanes of at least 4 members (excludes halogenated alkanes) is 2. The maximum absolute atomic E-state index is 5.80. The molecule has 0 saturated heterocycles. The molecule has 0 aliphatic heterocycles. The molecule has 0 bridgehead atoms. The Morgan fingerprint density at radius 3 is 2.50 bits per heavy atom. The van der Waals surface area contributed by atoms with E-state index in [1.165, 1.54) is 30.5 Å². The number of hydrogen-bond acceptors (Lipinski definition) is 3. The van der Waals surface area contributed by atoms with Crippen LogP contribution in [-0.4, -0.2) is 13.2 Å². The lowest BCUT2D eigenvalue weighted by Crippen LogP contribution is -2.31. The van der Waals surface area contributed by atoms with Crippen LogP contribution in [0.5, 0.6) is 0 Å². The van der Waals surface area contributed by atoms with Gasteiger partial charge in [-0.05, 0) is 18.1 Å². The monoisotopic (exact) mass is 221 g/mol. The predicted molar refractivity (Wildman–Crippen MR) is 70.3 cm³/mol. The lowest BCUT2D eigenvalue weighted by atomic mass is 10.1. The van der Waals surface area contributed by atoms with Crippen LogP contribution in [0.1, 0.15) is 31.7 Å². The van der Waals surface area contributed by atoms with Crippen LogP contribution >= 0.6 is 0 Å². The Morgan fingerprint density at radius 2 is 1.88 bits per heavy atom. The summed E-state index contributed by atoms with van der Waals surface area (Å²) in [6.07, 6.45) is 3.67. The van der Waals surface area contributed by atoms with Gasteiger partial charge >= 0.3 is 0 Å². The highest BCUT2D eigenvalue weighted by atomic mass is 15.2. The minimum absolute atomic E-state index is 0.556. The van der Waals surface area contributed by atoms with E-state index in [0.29, 0.717) is 13.2 Å². The molecule has 90 valence electrons. The molecule has 0 fully saturated rings. The van der Waals surface area contributed by atoms with E-state index < -0.39 is 0 Å². The number of rotatable bonds is 7. The third-order valence-electron chi connectivity index (χ3n) is 2.80. The van der Waals surface area contributed by atoms with Crippen molar-refractivity contribution in [1.29, 1.82) is 0 Å². The Bertz CT molecular complexity index is 299. The number of hydrogen-bond donors (Lipinski definition) is 2. The van der Waals surface area contributed by atoms with E-state index in [9.17, 15) is 0 Å². The number of nitrogens with two attached hydrogens (primary N) is 2. The van der Waals surface area contributed by atoms with Gasteiger partial charge in [-0.2, -0.15) is 0 Å². The highest BCUT2D eigenvalue weighted by Crippen LogP contribution is 2.19. The first-order valence-corrected chi connectivity index (χ1v) is 6.06. The summed E-state index contributed by atoms with van der Waals surface area (Å²) in [5, 5.41) is 0. The molecule has 0 aliphatic carbocycles. The van der Waals surface area contributed by atoms with Crippen molar-refractivity contribution in [2.24, 2.45) is 11.5 Å². The third-order valence-corrected chi connectivity index (χ3v) is 2.80. The van der Waals surface area contributed by atoms with Gasteiger partial charge in [0, 0.05) is 18.8 Å². The van der Waals surface area contributed by atoms with Crippen molar-refractivity contribution in [3.05, 3.63) is 29.8 Å². The number of benzene rings is 1. The second-order valence-corrected chi connectivity index (χ2v) is 3.99. The Hall–Kier alpha value is -1.06. The van der Waals surface area contributed by atoms with Gasteiger partial charge in [-0.25, -0.2) is 0 Å². The molecule has 0 spiro atoms. The molecule has 0 saturated carbocycles. The summed E-state index contributed by atoms with van der Waals surface area (Å²) in [4.78, 5) is 2.21. The van der Waals surface area contributed by atoms with E-state index in [1.54, 1.807) is 0 Å². The fourth-order valence-electron chi connectivity index (χ4n) is 1.85. The first kappa shape index (κ1) is 13.0. The Kier molecular flexibility index (Phi) is 5.90. The standard InChI is InChI=1S/C13H23N3/c1-2-3-6-9-16(11-15)13-8-5-4-7-12(13)10-14/h4-5,7-8H,2-3,6,9-11,14-15H2,1H3. The topological polar surface area (TPSA) is 55.3 Å². The zero-order chi connectivity index (χ0) is 11.8. The number of para-hydroxylation sites is 1. The summed E-state index contributed by atoms with van der Waals surface area (Å²) in [7, 11) is 0. The highest BCUT2D eigenvalue weighted by Gasteiger charge is 2.07. The van der Waals surface area contributed by atoms with Gasteiger partial charge in [-0.15, -0.1) is 0 Å². The molecular weight excluding hydrogens is 198 g/mol. The largest absolute Gasteiger partial charge is 0.359 e. The van der Waals surface area contributed by atoms with E-state index in [-0.39, 0.29) is 0 Å². The molecule has 3 heteroatoms. The van der Waals surface area contributed by atoms with Crippen LogP contribution in [0.3, 0.4) is 0 Å². The van der Waals surface area contributed by atoms with Crippen molar-refractivity contribution in [3.8, 4) is 0 Å². The van der Waals surface area contributed by atoms with Crippen molar-refractivity contribution in [2.75, 3.05) is 18.1 Å². The fourth-order valence-corrected chi connectivity index (χ4v) is 1.85. The molecular formula is C13H23N3. The minimum Gasteiger partial charge on any atom is -0.359 e. The van der Waals surface area contributed by atoms with Crippen LogP contribution < -0.4 is 16.4 Å². The van der Waals surface area contributed by atoms with E-state index in [2.05, 4.69) is 24.0 Å². The molecule has 16 heavy (non-hydrogen) atoms. The van der Waals surface area contributed by atoms with Gasteiger partial charge < -0.3 is 16.4 Å². The quantitative estimate of drug-likeness (QED) is 0.547. The third kappa shape index (κ3) is 3.51. The minimum atomic E-state index is 0.556. The zero-order valence-electron chi connectivity index (χ0n) is 10.2. The maximum atomic E-state index is 5.80. The molecule has 0 atom stereocenters. The molecule has 1 rings (SSSR count). The van der Waals surface area contributed by atoms with E-state index in [0.717, 1.165) is 6.54 Å². The van der Waals surface area contributed by atoms with Gasteiger partial charge in [0.25, 0.3) is 0 Å². The smallest absolute Gasteiger partial charge is 0.0657 e. The molecule has 0 radical (unpaired) electrons. The summed E-state index contributed by atoms with van der Waals surface area (Å²) < 4.78 is 0. The summed E-state index contributed by atoms with van der Waals surface area (Å²) in [5.41, 5.74) is 13.9. The summed E-state index contributed by atoms with van der Waals surface area (Å²) in [6, 6.07) is 8.22. The van der Waals surface area contributed by atoms with E-state index in [4.69, 9.17) is 11.5 Å². The van der Waals surface area contributed by atoms with Crippen molar-refractivity contribution in [3.63, 3.8) is 0 Å². The summed E-state index contributed by atoms with van der Waals surface area (Å²) in [6.45, 7) is 4.35. The Morgan fingerprint density at radius 1 is 1.12 bits per heavy atom. The Labute approximate surface area is 98.4 Å². The second kappa shape index (κ2) is 7.25. The molecule has 0 aliphatic rings. The molecule has 1 aromatic rings. The van der Waals surface area contributed by atoms with Gasteiger partial charge in [0.05, 0.1) is 6.67 Å². The molecule has 0 aromatic heterocycles. The van der Waals surface area contributed by atoms with Crippen LogP contribution in [0.15, 0.2) is 24.3 Å². The first-order chi connectivity index (χ1) is 7.83. The van der Waals surface area contributed by atoms with Gasteiger partial charge in [0.2, 0.25) is 0 Å². The van der Waals surface area contributed by atoms with Gasteiger partial charge in [-0.3, -0.25) is 0 Å². The SMILES string of the molecule is CCCCCN(CN)c1ccccc1CN. The first-order valence-electron chi connectivity index (χ1n) is 6.06. The van der Waals surface area contributed by atoms with Gasteiger partial charge in [0.15, 0.2) is 0 Å². The van der Waals surface area contributed by atoms with Crippen molar-refractivity contribution >= 4 is 5.69 Å². The summed E-state index contributed by atoms with van der Waals surface area (Å²) >= 11 is 0. The maximum Gasteiger partial charge on any atom is 0.0657 e.